The third-order valence-corrected chi connectivity index (χ3v) is 5.15. The minimum Gasteiger partial charge on any atom is -0.338 e. The molecule has 2 heterocycles. The zero-order valence-electron chi connectivity index (χ0n) is 10.6. The van der Waals surface area contributed by atoms with Gasteiger partial charge in [0.25, 0.3) is 0 Å². The van der Waals surface area contributed by atoms with E-state index in [2.05, 4.69) is 24.1 Å². The van der Waals surface area contributed by atoms with E-state index in [4.69, 9.17) is 0 Å². The highest BCUT2D eigenvalue weighted by atomic mass is 35.5. The topological polar surface area (TPSA) is 32.3 Å². The van der Waals surface area contributed by atoms with E-state index in [-0.39, 0.29) is 18.3 Å². The van der Waals surface area contributed by atoms with Crippen molar-refractivity contribution in [3.63, 3.8) is 0 Å². The van der Waals surface area contributed by atoms with E-state index in [1.54, 1.807) is 0 Å². The molecule has 2 unspecified atom stereocenters. The number of nitrogens with one attached hydrogen (secondary N) is 1. The third kappa shape index (κ3) is 3.52. The van der Waals surface area contributed by atoms with Gasteiger partial charge in [-0.3, -0.25) is 4.79 Å². The van der Waals surface area contributed by atoms with E-state index in [1.165, 1.54) is 0 Å². The number of rotatable bonds is 1. The molecule has 17 heavy (non-hydrogen) atoms. The lowest BCUT2D eigenvalue weighted by Crippen LogP contribution is -2.52. The number of nitrogens with zero attached hydrogens (tertiary/aromatic N) is 1. The lowest BCUT2D eigenvalue weighted by molar-refractivity contribution is -0.138. The number of piperidine rings is 1. The van der Waals surface area contributed by atoms with E-state index >= 15 is 0 Å². The molecule has 2 rings (SSSR count). The summed E-state index contributed by atoms with van der Waals surface area (Å²) in [7, 11) is 0. The van der Waals surface area contributed by atoms with Crippen LogP contribution in [0.5, 0.6) is 0 Å². The Labute approximate surface area is 114 Å². The predicted octanol–water partition coefficient (Wildman–Crippen LogP) is 1.76. The summed E-state index contributed by atoms with van der Waals surface area (Å²) in [6, 6.07) is 0.396. The lowest BCUT2D eigenvalue weighted by Gasteiger charge is -2.40. The molecular formula is C12H23ClN2OS. The molecule has 2 aliphatic rings. The summed E-state index contributed by atoms with van der Waals surface area (Å²) in [5.74, 6) is 1.70. The Balaban J connectivity index is 0.00000144. The van der Waals surface area contributed by atoms with Crippen molar-refractivity contribution < 1.29 is 4.79 Å². The summed E-state index contributed by atoms with van der Waals surface area (Å²) < 4.78 is 0. The van der Waals surface area contributed by atoms with Gasteiger partial charge in [0, 0.05) is 30.1 Å². The van der Waals surface area contributed by atoms with Crippen molar-refractivity contribution in [3.05, 3.63) is 0 Å². The number of amides is 1. The molecule has 3 nitrogen and oxygen atoms in total. The van der Waals surface area contributed by atoms with Crippen molar-refractivity contribution in [2.24, 2.45) is 5.92 Å². The molecule has 2 aliphatic heterocycles. The molecule has 1 N–H and O–H groups in total. The van der Waals surface area contributed by atoms with Crippen LogP contribution in [-0.2, 0) is 4.79 Å². The summed E-state index contributed by atoms with van der Waals surface area (Å²) in [6.45, 7) is 7.31. The summed E-state index contributed by atoms with van der Waals surface area (Å²) in [4.78, 5) is 14.5. The molecule has 0 aliphatic carbocycles. The van der Waals surface area contributed by atoms with Crippen LogP contribution in [0.3, 0.4) is 0 Å². The first-order valence-electron chi connectivity index (χ1n) is 6.33. The molecular weight excluding hydrogens is 256 g/mol. The molecule has 0 aromatic heterocycles. The number of carbonyl (C=O) groups excluding carboxylic acids is 1. The molecule has 3 atom stereocenters. The first-order chi connectivity index (χ1) is 7.70. The predicted molar refractivity (Wildman–Crippen MR) is 75.9 cm³/mol. The van der Waals surface area contributed by atoms with Gasteiger partial charge in [-0.25, -0.2) is 0 Å². The van der Waals surface area contributed by atoms with Crippen LogP contribution >= 0.6 is 24.2 Å². The van der Waals surface area contributed by atoms with Gasteiger partial charge in [0.2, 0.25) is 5.91 Å². The van der Waals surface area contributed by atoms with Crippen molar-refractivity contribution in [2.75, 3.05) is 25.4 Å². The SMILES string of the molecule is CC1SCCN(C(=O)[C@@H]2CCCNC2)C1C.Cl. The van der Waals surface area contributed by atoms with E-state index in [9.17, 15) is 4.79 Å². The molecule has 0 bridgehead atoms. The molecule has 100 valence electrons. The van der Waals surface area contributed by atoms with Gasteiger partial charge >= 0.3 is 0 Å². The molecule has 0 spiro atoms. The van der Waals surface area contributed by atoms with Crippen LogP contribution in [0.1, 0.15) is 26.7 Å². The molecule has 2 fully saturated rings. The second-order valence-electron chi connectivity index (χ2n) is 4.89. The highest BCUT2D eigenvalue weighted by Crippen LogP contribution is 2.26. The van der Waals surface area contributed by atoms with Crippen LogP contribution in [-0.4, -0.2) is 47.5 Å². The van der Waals surface area contributed by atoms with Crippen LogP contribution < -0.4 is 5.32 Å². The molecule has 1 amide bonds. The number of hydrogen-bond donors (Lipinski definition) is 1. The number of halogens is 1. The van der Waals surface area contributed by atoms with Crippen LogP contribution in [0.4, 0.5) is 0 Å². The number of carbonyl (C=O) groups is 1. The average molecular weight is 279 g/mol. The van der Waals surface area contributed by atoms with Gasteiger partial charge < -0.3 is 10.2 Å². The first kappa shape index (κ1) is 15.1. The maximum Gasteiger partial charge on any atom is 0.227 e. The Hall–Kier alpha value is 0.0700. The largest absolute Gasteiger partial charge is 0.338 e. The monoisotopic (exact) mass is 278 g/mol. The Morgan fingerprint density at radius 3 is 2.82 bits per heavy atom. The minimum absolute atomic E-state index is 0. The van der Waals surface area contributed by atoms with Gasteiger partial charge in [-0.2, -0.15) is 11.8 Å². The van der Waals surface area contributed by atoms with Gasteiger partial charge in [-0.05, 0) is 26.3 Å². The van der Waals surface area contributed by atoms with Gasteiger partial charge in [0.05, 0.1) is 5.92 Å². The zero-order valence-corrected chi connectivity index (χ0v) is 12.3. The molecule has 0 aromatic rings. The zero-order chi connectivity index (χ0) is 11.5. The first-order valence-corrected chi connectivity index (χ1v) is 7.38. The Kier molecular flexibility index (Phi) is 6.10. The number of hydrogen-bond acceptors (Lipinski definition) is 3. The molecule has 2 saturated heterocycles. The maximum atomic E-state index is 12.4. The van der Waals surface area contributed by atoms with Crippen LogP contribution in [0.25, 0.3) is 0 Å². The fourth-order valence-electron chi connectivity index (χ4n) is 2.54. The second-order valence-corrected chi connectivity index (χ2v) is 6.38. The quantitative estimate of drug-likeness (QED) is 0.793. The number of thioether (sulfide) groups is 1. The second kappa shape index (κ2) is 6.86. The Morgan fingerprint density at radius 1 is 1.41 bits per heavy atom. The molecule has 0 radical (unpaired) electrons. The fourth-order valence-corrected chi connectivity index (χ4v) is 3.64. The highest BCUT2D eigenvalue weighted by Gasteiger charge is 2.33. The van der Waals surface area contributed by atoms with Crippen molar-refractivity contribution >= 4 is 30.1 Å². The van der Waals surface area contributed by atoms with Crippen LogP contribution in [0.15, 0.2) is 0 Å². The fraction of sp³-hybridized carbons (Fsp3) is 0.917. The van der Waals surface area contributed by atoms with Crippen molar-refractivity contribution in [2.45, 2.75) is 38.0 Å². The third-order valence-electron chi connectivity index (χ3n) is 3.81. The molecule has 0 aromatic carbocycles. The average Bonchev–Trinajstić information content (AvgIpc) is 2.33. The smallest absolute Gasteiger partial charge is 0.227 e. The van der Waals surface area contributed by atoms with Gasteiger partial charge in [-0.1, -0.05) is 6.92 Å². The maximum absolute atomic E-state index is 12.4. The summed E-state index contributed by atoms with van der Waals surface area (Å²) >= 11 is 1.98. The van der Waals surface area contributed by atoms with Crippen LogP contribution in [0, 0.1) is 5.92 Å². The molecule has 0 saturated carbocycles. The van der Waals surface area contributed by atoms with E-state index < -0.39 is 0 Å². The van der Waals surface area contributed by atoms with Crippen molar-refractivity contribution in [1.29, 1.82) is 0 Å². The van der Waals surface area contributed by atoms with E-state index in [1.807, 2.05) is 11.8 Å². The summed E-state index contributed by atoms with van der Waals surface area (Å²) in [6.07, 6.45) is 2.21. The normalized spacial score (nSPS) is 34.0. The van der Waals surface area contributed by atoms with Crippen LogP contribution in [0.2, 0.25) is 0 Å². The van der Waals surface area contributed by atoms with E-state index in [0.29, 0.717) is 17.2 Å². The lowest BCUT2D eigenvalue weighted by atomic mass is 9.97. The highest BCUT2D eigenvalue weighted by molar-refractivity contribution is 8.00. The van der Waals surface area contributed by atoms with Gasteiger partial charge in [0.1, 0.15) is 0 Å². The Morgan fingerprint density at radius 2 is 2.18 bits per heavy atom. The molecule has 5 heteroatoms. The van der Waals surface area contributed by atoms with E-state index in [0.717, 1.165) is 38.2 Å². The summed E-state index contributed by atoms with van der Waals surface area (Å²) in [5, 5.41) is 3.91. The standard InChI is InChI=1S/C12H22N2OS.ClH/c1-9-10(2)16-7-6-14(9)12(15)11-4-3-5-13-8-11;/h9-11,13H,3-8H2,1-2H3;1H/t9?,10?,11-;/m1./s1. The van der Waals surface area contributed by atoms with Crippen molar-refractivity contribution in [3.8, 4) is 0 Å². The van der Waals surface area contributed by atoms with Crippen molar-refractivity contribution in [1.82, 2.24) is 10.2 Å². The summed E-state index contributed by atoms with van der Waals surface area (Å²) in [5.41, 5.74) is 0. The Bertz CT molecular complexity index is 259. The minimum atomic E-state index is 0. The van der Waals surface area contributed by atoms with Gasteiger partial charge in [-0.15, -0.1) is 12.4 Å². The van der Waals surface area contributed by atoms with Gasteiger partial charge in [0.15, 0.2) is 0 Å².